The van der Waals surface area contributed by atoms with Gasteiger partial charge in [0.05, 0.1) is 11.9 Å². The van der Waals surface area contributed by atoms with E-state index in [2.05, 4.69) is 5.32 Å². The van der Waals surface area contributed by atoms with Gasteiger partial charge in [0.2, 0.25) is 21.8 Å². The SMILES string of the molecule is Cc1ccccc1CN(C(=O)CCCN(c1cccc(Cl)c1)S(C)(=O)=O)C(C)C(=O)NC(C)C. The molecule has 7 nitrogen and oxygen atoms in total. The van der Waals surface area contributed by atoms with Crippen molar-refractivity contribution < 1.29 is 18.0 Å². The molecular formula is C25H34ClN3O4S. The zero-order chi connectivity index (χ0) is 25.5. The van der Waals surface area contributed by atoms with Crippen molar-refractivity contribution in [3.8, 4) is 0 Å². The standard InChI is InChI=1S/C25H34ClN3O4S/c1-18(2)27-25(31)20(4)28(17-21-11-7-6-10-19(21)3)24(30)14-9-15-29(34(5,32)33)23-13-8-12-22(26)16-23/h6-8,10-13,16,18,20H,9,14-15,17H2,1-5H3,(H,27,31). The molecular weight excluding hydrogens is 474 g/mol. The highest BCUT2D eigenvalue weighted by Crippen LogP contribution is 2.23. The highest BCUT2D eigenvalue weighted by atomic mass is 35.5. The Morgan fingerprint density at radius 1 is 1.06 bits per heavy atom. The summed E-state index contributed by atoms with van der Waals surface area (Å²) in [5.41, 5.74) is 2.43. The Morgan fingerprint density at radius 2 is 1.74 bits per heavy atom. The van der Waals surface area contributed by atoms with E-state index < -0.39 is 16.1 Å². The minimum absolute atomic E-state index is 0.0496. The van der Waals surface area contributed by atoms with Crippen LogP contribution in [0.3, 0.4) is 0 Å². The first-order valence-corrected chi connectivity index (χ1v) is 13.5. The largest absolute Gasteiger partial charge is 0.352 e. The Bertz CT molecular complexity index is 1100. The highest BCUT2D eigenvalue weighted by Gasteiger charge is 2.27. The molecule has 0 aliphatic carbocycles. The van der Waals surface area contributed by atoms with Crippen molar-refractivity contribution in [3.63, 3.8) is 0 Å². The second kappa shape index (κ2) is 12.2. The van der Waals surface area contributed by atoms with Gasteiger partial charge in [0.15, 0.2) is 0 Å². The number of nitrogens with one attached hydrogen (secondary N) is 1. The number of hydrogen-bond donors (Lipinski definition) is 1. The first kappa shape index (κ1) is 27.7. The van der Waals surface area contributed by atoms with Gasteiger partial charge in [-0.1, -0.05) is 41.9 Å². The van der Waals surface area contributed by atoms with Crippen LogP contribution in [0.25, 0.3) is 0 Å². The molecule has 2 amide bonds. The summed E-state index contributed by atoms with van der Waals surface area (Å²) in [6.45, 7) is 7.83. The second-order valence-corrected chi connectivity index (χ2v) is 11.0. The molecule has 0 spiro atoms. The van der Waals surface area contributed by atoms with Crippen LogP contribution in [0.4, 0.5) is 5.69 Å². The summed E-state index contributed by atoms with van der Waals surface area (Å²) in [7, 11) is -3.56. The summed E-state index contributed by atoms with van der Waals surface area (Å²) in [5.74, 6) is -0.442. The number of aryl methyl sites for hydroxylation is 1. The van der Waals surface area contributed by atoms with Crippen molar-refractivity contribution in [2.24, 2.45) is 0 Å². The molecule has 2 aromatic carbocycles. The fourth-order valence-electron chi connectivity index (χ4n) is 3.59. The molecule has 2 aromatic rings. The molecule has 1 N–H and O–H groups in total. The molecule has 0 aliphatic heterocycles. The van der Waals surface area contributed by atoms with Crippen molar-refractivity contribution in [1.82, 2.24) is 10.2 Å². The maximum atomic E-state index is 13.3. The smallest absolute Gasteiger partial charge is 0.242 e. The third-order valence-corrected chi connectivity index (χ3v) is 6.88. The molecule has 0 bridgehead atoms. The topological polar surface area (TPSA) is 86.8 Å². The van der Waals surface area contributed by atoms with Crippen LogP contribution in [0.15, 0.2) is 48.5 Å². The lowest BCUT2D eigenvalue weighted by molar-refractivity contribution is -0.140. The van der Waals surface area contributed by atoms with Gasteiger partial charge in [0.25, 0.3) is 0 Å². The number of nitrogens with zero attached hydrogens (tertiary/aromatic N) is 2. The normalized spacial score (nSPS) is 12.3. The summed E-state index contributed by atoms with van der Waals surface area (Å²) in [6, 6.07) is 13.6. The van der Waals surface area contributed by atoms with Crippen LogP contribution in [0.5, 0.6) is 0 Å². The van der Waals surface area contributed by atoms with Gasteiger partial charge in [-0.2, -0.15) is 0 Å². The monoisotopic (exact) mass is 507 g/mol. The summed E-state index contributed by atoms with van der Waals surface area (Å²) in [4.78, 5) is 27.5. The van der Waals surface area contributed by atoms with Crippen LogP contribution in [-0.2, 0) is 26.2 Å². The molecule has 34 heavy (non-hydrogen) atoms. The van der Waals surface area contributed by atoms with Crippen molar-refractivity contribution in [1.29, 1.82) is 0 Å². The fourth-order valence-corrected chi connectivity index (χ4v) is 4.74. The molecule has 0 saturated carbocycles. The molecule has 1 unspecified atom stereocenters. The van der Waals surface area contributed by atoms with Crippen LogP contribution in [-0.4, -0.2) is 50.0 Å². The van der Waals surface area contributed by atoms with E-state index in [9.17, 15) is 18.0 Å². The zero-order valence-electron chi connectivity index (χ0n) is 20.4. The quantitative estimate of drug-likeness (QED) is 0.495. The van der Waals surface area contributed by atoms with Gasteiger partial charge in [-0.3, -0.25) is 13.9 Å². The van der Waals surface area contributed by atoms with Gasteiger partial charge in [0, 0.05) is 30.6 Å². The van der Waals surface area contributed by atoms with E-state index in [0.29, 0.717) is 23.7 Å². The number of anilines is 1. The van der Waals surface area contributed by atoms with Crippen LogP contribution in [0.1, 0.15) is 44.7 Å². The molecule has 0 heterocycles. The van der Waals surface area contributed by atoms with E-state index in [1.807, 2.05) is 45.0 Å². The molecule has 9 heteroatoms. The first-order chi connectivity index (χ1) is 15.9. The van der Waals surface area contributed by atoms with Gasteiger partial charge in [0.1, 0.15) is 6.04 Å². The number of carbonyl (C=O) groups excluding carboxylic acids is 2. The zero-order valence-corrected chi connectivity index (χ0v) is 22.0. The summed E-state index contributed by atoms with van der Waals surface area (Å²) >= 11 is 6.04. The predicted octanol–water partition coefficient (Wildman–Crippen LogP) is 4.14. The summed E-state index contributed by atoms with van der Waals surface area (Å²) in [5, 5.41) is 3.29. The molecule has 0 aromatic heterocycles. The Hall–Kier alpha value is -2.58. The first-order valence-electron chi connectivity index (χ1n) is 11.3. The predicted molar refractivity (Wildman–Crippen MR) is 137 cm³/mol. The Morgan fingerprint density at radius 3 is 2.32 bits per heavy atom. The van der Waals surface area contributed by atoms with Crippen molar-refractivity contribution in [2.45, 2.75) is 59.2 Å². The molecule has 0 saturated heterocycles. The van der Waals surface area contributed by atoms with E-state index in [-0.39, 0.29) is 30.8 Å². The minimum Gasteiger partial charge on any atom is -0.352 e. The second-order valence-electron chi connectivity index (χ2n) is 8.71. The average molecular weight is 508 g/mol. The number of hydrogen-bond acceptors (Lipinski definition) is 4. The van der Waals surface area contributed by atoms with E-state index in [1.54, 1.807) is 36.1 Å². The van der Waals surface area contributed by atoms with E-state index in [1.165, 1.54) is 4.31 Å². The lowest BCUT2D eigenvalue weighted by Crippen LogP contribution is -2.49. The maximum Gasteiger partial charge on any atom is 0.242 e. The van der Waals surface area contributed by atoms with Gasteiger partial charge in [-0.15, -0.1) is 0 Å². The van der Waals surface area contributed by atoms with Gasteiger partial charge < -0.3 is 10.2 Å². The number of carbonyl (C=O) groups is 2. The average Bonchev–Trinajstić information content (AvgIpc) is 2.74. The van der Waals surface area contributed by atoms with Gasteiger partial charge in [-0.25, -0.2) is 8.42 Å². The van der Waals surface area contributed by atoms with E-state index in [4.69, 9.17) is 11.6 Å². The maximum absolute atomic E-state index is 13.3. The lowest BCUT2D eigenvalue weighted by Gasteiger charge is -2.30. The van der Waals surface area contributed by atoms with E-state index >= 15 is 0 Å². The lowest BCUT2D eigenvalue weighted by atomic mass is 10.1. The summed E-state index contributed by atoms with van der Waals surface area (Å²) in [6.07, 6.45) is 1.51. The van der Waals surface area contributed by atoms with Crippen LogP contribution >= 0.6 is 11.6 Å². The summed E-state index contributed by atoms with van der Waals surface area (Å²) < 4.78 is 26.0. The molecule has 186 valence electrons. The molecule has 0 radical (unpaired) electrons. The van der Waals surface area contributed by atoms with Crippen LogP contribution in [0.2, 0.25) is 5.02 Å². The number of halogens is 1. The molecule has 2 rings (SSSR count). The highest BCUT2D eigenvalue weighted by molar-refractivity contribution is 7.92. The number of benzene rings is 2. The fraction of sp³-hybridized carbons (Fsp3) is 0.440. The molecule has 0 fully saturated rings. The van der Waals surface area contributed by atoms with Crippen molar-refractivity contribution >= 4 is 39.1 Å². The molecule has 1 atom stereocenters. The third-order valence-electron chi connectivity index (χ3n) is 5.45. The Labute approximate surface area is 208 Å². The third kappa shape index (κ3) is 8.02. The minimum atomic E-state index is -3.56. The molecule has 0 aliphatic rings. The van der Waals surface area contributed by atoms with Gasteiger partial charge >= 0.3 is 0 Å². The Balaban J connectivity index is 2.18. The van der Waals surface area contributed by atoms with E-state index in [0.717, 1.165) is 17.4 Å². The van der Waals surface area contributed by atoms with Crippen molar-refractivity contribution in [3.05, 3.63) is 64.7 Å². The van der Waals surface area contributed by atoms with Crippen LogP contribution in [0, 0.1) is 6.92 Å². The number of sulfonamides is 1. The van der Waals surface area contributed by atoms with Gasteiger partial charge in [-0.05, 0) is 63.4 Å². The number of rotatable bonds is 11. The Kier molecular flexibility index (Phi) is 9.94. The van der Waals surface area contributed by atoms with Crippen molar-refractivity contribution in [2.75, 3.05) is 17.1 Å². The number of amides is 2. The van der Waals surface area contributed by atoms with Crippen LogP contribution < -0.4 is 9.62 Å².